The van der Waals surface area contributed by atoms with Crippen molar-refractivity contribution in [2.75, 3.05) is 6.61 Å². The van der Waals surface area contributed by atoms with Crippen LogP contribution in [-0.4, -0.2) is 6.61 Å². The van der Waals surface area contributed by atoms with Crippen LogP contribution in [0.2, 0.25) is 0 Å². The van der Waals surface area contributed by atoms with Crippen molar-refractivity contribution in [1.82, 2.24) is 0 Å². The smallest absolute Gasteiger partial charge is 0.133 e. The number of rotatable bonds is 5. The van der Waals surface area contributed by atoms with E-state index in [-0.39, 0.29) is 0 Å². The van der Waals surface area contributed by atoms with Crippen molar-refractivity contribution >= 4 is 31.9 Å². The highest BCUT2D eigenvalue weighted by Crippen LogP contribution is 2.33. The molecule has 2 aromatic carbocycles. The summed E-state index contributed by atoms with van der Waals surface area (Å²) in [5.74, 6) is 0.894. The lowest BCUT2D eigenvalue weighted by Gasteiger charge is -2.13. The average molecular weight is 384 g/mol. The van der Waals surface area contributed by atoms with E-state index in [2.05, 4.69) is 68.3 Å². The first-order valence-electron chi connectivity index (χ1n) is 6.31. The third-order valence-corrected chi connectivity index (χ3v) is 4.35. The van der Waals surface area contributed by atoms with Gasteiger partial charge in [-0.2, -0.15) is 0 Å². The van der Waals surface area contributed by atoms with E-state index in [1.165, 1.54) is 11.1 Å². The van der Waals surface area contributed by atoms with Gasteiger partial charge in [0.05, 0.1) is 11.1 Å². The van der Waals surface area contributed by atoms with Gasteiger partial charge >= 0.3 is 0 Å². The van der Waals surface area contributed by atoms with Crippen LogP contribution in [0.25, 0.3) is 0 Å². The van der Waals surface area contributed by atoms with Crippen LogP contribution in [0.1, 0.15) is 22.9 Å². The Labute approximate surface area is 131 Å². The van der Waals surface area contributed by atoms with Crippen LogP contribution in [0.4, 0.5) is 0 Å². The van der Waals surface area contributed by atoms with Gasteiger partial charge in [-0.1, -0.05) is 52.3 Å². The van der Waals surface area contributed by atoms with Crippen molar-refractivity contribution in [3.05, 3.63) is 64.1 Å². The molecule has 2 rings (SSSR count). The minimum Gasteiger partial charge on any atom is -0.493 e. The topological polar surface area (TPSA) is 9.23 Å². The molecule has 0 aliphatic carbocycles. The molecule has 0 amide bonds. The Hall–Kier alpha value is -0.800. The SMILES string of the molecule is CCOc1ccc(C(Br)Cc2ccccc2)cc1Br. The molecule has 0 saturated carbocycles. The van der Waals surface area contributed by atoms with E-state index in [4.69, 9.17) is 4.74 Å². The Kier molecular flexibility index (Phi) is 5.46. The second kappa shape index (κ2) is 7.11. The largest absolute Gasteiger partial charge is 0.493 e. The molecule has 0 aliphatic rings. The van der Waals surface area contributed by atoms with Gasteiger partial charge in [-0.3, -0.25) is 0 Å². The zero-order valence-corrected chi connectivity index (χ0v) is 13.9. The highest BCUT2D eigenvalue weighted by Gasteiger charge is 2.11. The Morgan fingerprint density at radius 3 is 2.47 bits per heavy atom. The summed E-state index contributed by atoms with van der Waals surface area (Å²) in [6, 6.07) is 16.7. The molecule has 1 atom stereocenters. The molecule has 0 heterocycles. The van der Waals surface area contributed by atoms with Crippen LogP contribution >= 0.6 is 31.9 Å². The van der Waals surface area contributed by atoms with Crippen LogP contribution < -0.4 is 4.74 Å². The molecule has 2 aromatic rings. The Bertz CT molecular complexity index is 526. The van der Waals surface area contributed by atoms with E-state index in [1.807, 2.05) is 19.1 Å². The van der Waals surface area contributed by atoms with E-state index in [0.29, 0.717) is 11.4 Å². The summed E-state index contributed by atoms with van der Waals surface area (Å²) in [6.07, 6.45) is 0.973. The molecule has 0 saturated heterocycles. The fraction of sp³-hybridized carbons (Fsp3) is 0.250. The van der Waals surface area contributed by atoms with Crippen molar-refractivity contribution in [3.8, 4) is 5.75 Å². The molecular weight excluding hydrogens is 368 g/mol. The third-order valence-electron chi connectivity index (χ3n) is 2.88. The molecule has 0 spiro atoms. The van der Waals surface area contributed by atoms with Gasteiger partial charge in [0.1, 0.15) is 5.75 Å². The maximum atomic E-state index is 5.53. The van der Waals surface area contributed by atoms with Gasteiger partial charge in [-0.25, -0.2) is 0 Å². The van der Waals surface area contributed by atoms with E-state index >= 15 is 0 Å². The van der Waals surface area contributed by atoms with Crippen LogP contribution in [0, 0.1) is 0 Å². The molecule has 0 aliphatic heterocycles. The molecule has 0 radical (unpaired) electrons. The minimum absolute atomic E-state index is 0.307. The first-order chi connectivity index (χ1) is 9.20. The highest BCUT2D eigenvalue weighted by molar-refractivity contribution is 9.10. The van der Waals surface area contributed by atoms with Crippen molar-refractivity contribution in [2.24, 2.45) is 0 Å². The average Bonchev–Trinajstić information content (AvgIpc) is 2.42. The zero-order valence-electron chi connectivity index (χ0n) is 10.8. The van der Waals surface area contributed by atoms with Gasteiger partial charge in [0.2, 0.25) is 0 Å². The van der Waals surface area contributed by atoms with Crippen molar-refractivity contribution < 1.29 is 4.74 Å². The Balaban J connectivity index is 2.11. The fourth-order valence-electron chi connectivity index (χ4n) is 1.92. The molecule has 0 fully saturated rings. The molecule has 1 nitrogen and oxygen atoms in total. The normalized spacial score (nSPS) is 12.2. The quantitative estimate of drug-likeness (QED) is 0.617. The second-order valence-corrected chi connectivity index (χ2v) is 6.24. The molecule has 0 N–H and O–H groups in total. The Morgan fingerprint density at radius 1 is 1.11 bits per heavy atom. The molecule has 19 heavy (non-hydrogen) atoms. The molecule has 0 aromatic heterocycles. The maximum Gasteiger partial charge on any atom is 0.133 e. The van der Waals surface area contributed by atoms with Gasteiger partial charge < -0.3 is 4.74 Å². The fourth-order valence-corrected chi connectivity index (χ4v) is 3.09. The second-order valence-electron chi connectivity index (χ2n) is 4.28. The standard InChI is InChI=1S/C16H16Br2O/c1-2-19-16-9-8-13(11-15(16)18)14(17)10-12-6-4-3-5-7-12/h3-9,11,14H,2,10H2,1H3. The van der Waals surface area contributed by atoms with E-state index < -0.39 is 0 Å². The lowest BCUT2D eigenvalue weighted by molar-refractivity contribution is 0.338. The van der Waals surface area contributed by atoms with Crippen LogP contribution in [0.3, 0.4) is 0 Å². The number of alkyl halides is 1. The molecule has 1 unspecified atom stereocenters. The minimum atomic E-state index is 0.307. The van der Waals surface area contributed by atoms with Crippen LogP contribution in [0.15, 0.2) is 53.0 Å². The number of ether oxygens (including phenoxy) is 1. The highest BCUT2D eigenvalue weighted by atomic mass is 79.9. The summed E-state index contributed by atoms with van der Waals surface area (Å²) in [5, 5.41) is 0. The number of benzene rings is 2. The van der Waals surface area contributed by atoms with Gasteiger partial charge in [0.25, 0.3) is 0 Å². The molecule has 3 heteroatoms. The monoisotopic (exact) mass is 382 g/mol. The zero-order chi connectivity index (χ0) is 13.7. The van der Waals surface area contributed by atoms with E-state index in [1.54, 1.807) is 0 Å². The molecular formula is C16H16Br2O. The lowest BCUT2D eigenvalue weighted by Crippen LogP contribution is -1.97. The summed E-state index contributed by atoms with van der Waals surface area (Å²) in [7, 11) is 0. The maximum absolute atomic E-state index is 5.53. The number of halogens is 2. The first kappa shape index (κ1) is 14.6. The third kappa shape index (κ3) is 4.08. The van der Waals surface area contributed by atoms with E-state index in [9.17, 15) is 0 Å². The summed E-state index contributed by atoms with van der Waals surface area (Å²) in [5.41, 5.74) is 2.58. The Morgan fingerprint density at radius 2 is 1.84 bits per heavy atom. The predicted octanol–water partition coefficient (Wildman–Crippen LogP) is 5.53. The number of hydrogen-bond acceptors (Lipinski definition) is 1. The van der Waals surface area contributed by atoms with E-state index in [0.717, 1.165) is 16.6 Å². The number of hydrogen-bond donors (Lipinski definition) is 0. The summed E-state index contributed by atoms with van der Waals surface area (Å²) >= 11 is 7.31. The van der Waals surface area contributed by atoms with Crippen molar-refractivity contribution in [2.45, 2.75) is 18.2 Å². The summed E-state index contributed by atoms with van der Waals surface area (Å²) in [4.78, 5) is 0.307. The van der Waals surface area contributed by atoms with Gasteiger partial charge in [-0.05, 0) is 52.5 Å². The first-order valence-corrected chi connectivity index (χ1v) is 8.01. The van der Waals surface area contributed by atoms with Crippen LogP contribution in [-0.2, 0) is 6.42 Å². The molecule has 0 bridgehead atoms. The van der Waals surface area contributed by atoms with Gasteiger partial charge in [0.15, 0.2) is 0 Å². The summed E-state index contributed by atoms with van der Waals surface area (Å²) < 4.78 is 6.53. The van der Waals surface area contributed by atoms with Crippen molar-refractivity contribution in [1.29, 1.82) is 0 Å². The van der Waals surface area contributed by atoms with Gasteiger partial charge in [-0.15, -0.1) is 0 Å². The summed E-state index contributed by atoms with van der Waals surface area (Å²) in [6.45, 7) is 2.67. The predicted molar refractivity (Wildman–Crippen MR) is 87.1 cm³/mol. The lowest BCUT2D eigenvalue weighted by atomic mass is 10.0. The van der Waals surface area contributed by atoms with Crippen molar-refractivity contribution in [3.63, 3.8) is 0 Å². The van der Waals surface area contributed by atoms with Crippen LogP contribution in [0.5, 0.6) is 5.75 Å². The van der Waals surface area contributed by atoms with Gasteiger partial charge in [0, 0.05) is 4.83 Å². The molecule has 100 valence electrons.